The minimum atomic E-state index is -1.06. The zero-order chi connectivity index (χ0) is 23.9. The van der Waals surface area contributed by atoms with E-state index in [1.54, 1.807) is 36.4 Å². The van der Waals surface area contributed by atoms with Crippen LogP contribution in [0.4, 0.5) is 0 Å². The van der Waals surface area contributed by atoms with Crippen molar-refractivity contribution in [2.75, 3.05) is 0 Å². The molecule has 0 atom stereocenters. The Labute approximate surface area is 198 Å². The summed E-state index contributed by atoms with van der Waals surface area (Å²) in [6, 6.07) is 27.4. The standard InChI is InChI=1S/C28H25NO5/c1-19(2)33-27-11-7-6-10-23(27)25-17-16-24(28(30)31)26(29-25)18-32-20-12-14-22(15-13-20)34-21-8-4-3-5-9-21/h3-17,19H,18H2,1-2H3,(H,30,31). The molecule has 0 fully saturated rings. The van der Waals surface area contributed by atoms with Crippen molar-refractivity contribution in [1.82, 2.24) is 4.98 Å². The van der Waals surface area contributed by atoms with E-state index >= 15 is 0 Å². The predicted octanol–water partition coefficient (Wildman–Crippen LogP) is 6.61. The van der Waals surface area contributed by atoms with E-state index in [4.69, 9.17) is 14.2 Å². The lowest BCUT2D eigenvalue weighted by Crippen LogP contribution is -2.10. The highest BCUT2D eigenvalue weighted by atomic mass is 16.5. The molecule has 1 heterocycles. The summed E-state index contributed by atoms with van der Waals surface area (Å²) in [5.41, 5.74) is 1.83. The number of hydrogen-bond donors (Lipinski definition) is 1. The first-order chi connectivity index (χ1) is 16.5. The highest BCUT2D eigenvalue weighted by Gasteiger charge is 2.16. The minimum Gasteiger partial charge on any atom is -0.490 e. The van der Waals surface area contributed by atoms with Crippen LogP contribution in [0.25, 0.3) is 11.3 Å². The van der Waals surface area contributed by atoms with Gasteiger partial charge in [-0.2, -0.15) is 0 Å². The van der Waals surface area contributed by atoms with Crippen molar-refractivity contribution in [3.05, 3.63) is 102 Å². The fourth-order valence-electron chi connectivity index (χ4n) is 3.37. The molecule has 0 saturated heterocycles. The molecule has 0 amide bonds. The van der Waals surface area contributed by atoms with Gasteiger partial charge in [-0.1, -0.05) is 30.3 Å². The molecule has 6 heteroatoms. The van der Waals surface area contributed by atoms with Gasteiger partial charge in [0.05, 0.1) is 23.1 Å². The summed E-state index contributed by atoms with van der Waals surface area (Å²) >= 11 is 0. The largest absolute Gasteiger partial charge is 0.490 e. The number of carbonyl (C=O) groups is 1. The lowest BCUT2D eigenvalue weighted by atomic mass is 10.1. The first-order valence-corrected chi connectivity index (χ1v) is 10.9. The third-order valence-electron chi connectivity index (χ3n) is 4.91. The Morgan fingerprint density at radius 3 is 2.18 bits per heavy atom. The minimum absolute atomic E-state index is 0.00155. The van der Waals surface area contributed by atoms with E-state index in [0.29, 0.717) is 28.6 Å². The zero-order valence-electron chi connectivity index (χ0n) is 19.0. The SMILES string of the molecule is CC(C)Oc1ccccc1-c1ccc(C(=O)O)c(COc2ccc(Oc3ccccc3)cc2)n1. The summed E-state index contributed by atoms with van der Waals surface area (Å²) < 4.78 is 17.6. The molecule has 0 aliphatic rings. The van der Waals surface area contributed by atoms with E-state index in [9.17, 15) is 9.90 Å². The van der Waals surface area contributed by atoms with Crippen LogP contribution >= 0.6 is 0 Å². The smallest absolute Gasteiger partial charge is 0.337 e. The van der Waals surface area contributed by atoms with Crippen molar-refractivity contribution in [3.8, 4) is 34.3 Å². The Bertz CT molecular complexity index is 1250. The molecule has 0 spiro atoms. The Morgan fingerprint density at radius 1 is 0.824 bits per heavy atom. The van der Waals surface area contributed by atoms with E-state index in [0.717, 1.165) is 11.3 Å². The number of carboxylic acids is 1. The fourth-order valence-corrected chi connectivity index (χ4v) is 3.37. The molecule has 0 aliphatic carbocycles. The molecular weight excluding hydrogens is 430 g/mol. The van der Waals surface area contributed by atoms with Crippen LogP contribution in [0.15, 0.2) is 91.0 Å². The summed E-state index contributed by atoms with van der Waals surface area (Å²) in [6.45, 7) is 3.90. The van der Waals surface area contributed by atoms with E-state index in [-0.39, 0.29) is 18.3 Å². The number of nitrogens with zero attached hydrogens (tertiary/aromatic N) is 1. The number of aromatic nitrogens is 1. The third kappa shape index (κ3) is 5.72. The van der Waals surface area contributed by atoms with Crippen molar-refractivity contribution in [2.24, 2.45) is 0 Å². The Morgan fingerprint density at radius 2 is 1.47 bits per heavy atom. The molecule has 3 aromatic carbocycles. The molecule has 0 unspecified atom stereocenters. The monoisotopic (exact) mass is 455 g/mol. The Balaban J connectivity index is 1.53. The highest BCUT2D eigenvalue weighted by molar-refractivity contribution is 5.89. The second-order valence-corrected chi connectivity index (χ2v) is 7.83. The highest BCUT2D eigenvalue weighted by Crippen LogP contribution is 2.30. The van der Waals surface area contributed by atoms with Crippen molar-refractivity contribution in [3.63, 3.8) is 0 Å². The van der Waals surface area contributed by atoms with Gasteiger partial charge in [-0.15, -0.1) is 0 Å². The van der Waals surface area contributed by atoms with Crippen LogP contribution in [0.2, 0.25) is 0 Å². The van der Waals surface area contributed by atoms with Crippen molar-refractivity contribution in [1.29, 1.82) is 0 Å². The van der Waals surface area contributed by atoms with Gasteiger partial charge in [0, 0.05) is 5.56 Å². The van der Waals surface area contributed by atoms with Crippen LogP contribution in [-0.4, -0.2) is 22.2 Å². The van der Waals surface area contributed by atoms with Gasteiger partial charge in [-0.25, -0.2) is 9.78 Å². The van der Waals surface area contributed by atoms with E-state index < -0.39 is 5.97 Å². The summed E-state index contributed by atoms with van der Waals surface area (Å²) in [7, 11) is 0. The average Bonchev–Trinajstić information content (AvgIpc) is 2.84. The topological polar surface area (TPSA) is 77.9 Å². The normalized spacial score (nSPS) is 10.7. The Kier molecular flexibility index (Phi) is 7.08. The first kappa shape index (κ1) is 22.9. The number of aromatic carboxylic acids is 1. The van der Waals surface area contributed by atoms with Crippen LogP contribution in [0.3, 0.4) is 0 Å². The number of hydrogen-bond acceptors (Lipinski definition) is 5. The average molecular weight is 456 g/mol. The summed E-state index contributed by atoms with van der Waals surface area (Å²) in [5, 5.41) is 9.64. The lowest BCUT2D eigenvalue weighted by molar-refractivity contribution is 0.0693. The zero-order valence-corrected chi connectivity index (χ0v) is 19.0. The first-order valence-electron chi connectivity index (χ1n) is 10.9. The summed E-state index contributed by atoms with van der Waals surface area (Å²) in [5.74, 6) is 1.62. The van der Waals surface area contributed by atoms with Crippen LogP contribution < -0.4 is 14.2 Å². The van der Waals surface area contributed by atoms with Gasteiger partial charge in [0.1, 0.15) is 29.6 Å². The number of para-hydroxylation sites is 2. The van der Waals surface area contributed by atoms with Crippen LogP contribution in [0.1, 0.15) is 29.9 Å². The molecule has 34 heavy (non-hydrogen) atoms. The molecule has 172 valence electrons. The van der Waals surface area contributed by atoms with Gasteiger partial charge < -0.3 is 19.3 Å². The predicted molar refractivity (Wildman–Crippen MR) is 130 cm³/mol. The maximum Gasteiger partial charge on any atom is 0.337 e. The van der Waals surface area contributed by atoms with Gasteiger partial charge in [0.15, 0.2) is 0 Å². The number of rotatable bonds is 9. The van der Waals surface area contributed by atoms with Gasteiger partial charge in [0.25, 0.3) is 0 Å². The molecular formula is C28H25NO5. The van der Waals surface area contributed by atoms with Crippen LogP contribution in [0.5, 0.6) is 23.0 Å². The number of pyridine rings is 1. The maximum absolute atomic E-state index is 11.8. The molecule has 4 rings (SSSR count). The van der Waals surface area contributed by atoms with E-state index in [2.05, 4.69) is 4.98 Å². The number of ether oxygens (including phenoxy) is 3. The molecule has 0 saturated carbocycles. The molecule has 1 N–H and O–H groups in total. The number of carboxylic acid groups (broad SMARTS) is 1. The van der Waals surface area contributed by atoms with Crippen molar-refractivity contribution < 1.29 is 24.1 Å². The Hall–Kier alpha value is -4.32. The fraction of sp³-hybridized carbons (Fsp3) is 0.143. The van der Waals surface area contributed by atoms with Gasteiger partial charge in [-0.3, -0.25) is 0 Å². The lowest BCUT2D eigenvalue weighted by Gasteiger charge is -2.15. The van der Waals surface area contributed by atoms with E-state index in [1.165, 1.54) is 0 Å². The summed E-state index contributed by atoms with van der Waals surface area (Å²) in [6.07, 6.45) is -0.00362. The molecule has 1 aromatic heterocycles. The van der Waals surface area contributed by atoms with Gasteiger partial charge >= 0.3 is 5.97 Å². The van der Waals surface area contributed by atoms with Crippen LogP contribution in [-0.2, 0) is 6.61 Å². The van der Waals surface area contributed by atoms with Gasteiger partial charge in [-0.05, 0) is 74.5 Å². The quantitative estimate of drug-likeness (QED) is 0.306. The molecule has 6 nitrogen and oxygen atoms in total. The molecule has 4 aromatic rings. The van der Waals surface area contributed by atoms with Gasteiger partial charge in [0.2, 0.25) is 0 Å². The number of benzene rings is 3. The molecule has 0 radical (unpaired) electrons. The van der Waals surface area contributed by atoms with E-state index in [1.807, 2.05) is 68.4 Å². The molecule has 0 aliphatic heterocycles. The second kappa shape index (κ2) is 10.5. The van der Waals surface area contributed by atoms with Crippen molar-refractivity contribution in [2.45, 2.75) is 26.6 Å². The third-order valence-corrected chi connectivity index (χ3v) is 4.91. The summed E-state index contributed by atoms with van der Waals surface area (Å²) in [4.78, 5) is 16.4. The van der Waals surface area contributed by atoms with Crippen molar-refractivity contribution >= 4 is 5.97 Å². The molecule has 0 bridgehead atoms. The second-order valence-electron chi connectivity index (χ2n) is 7.83. The van der Waals surface area contributed by atoms with Crippen LogP contribution in [0, 0.1) is 0 Å². The maximum atomic E-state index is 11.8.